The average molecular weight is 509 g/mol. The summed E-state index contributed by atoms with van der Waals surface area (Å²) in [6.07, 6.45) is -2.96. The molecule has 0 spiro atoms. The highest BCUT2D eigenvalue weighted by atomic mass is 32.1. The second-order valence-electron chi connectivity index (χ2n) is 7.86. The molecule has 0 radical (unpaired) electrons. The van der Waals surface area contributed by atoms with Gasteiger partial charge in [0, 0.05) is 24.1 Å². The minimum Gasteiger partial charge on any atom is -0.439 e. The van der Waals surface area contributed by atoms with Gasteiger partial charge >= 0.3 is 6.18 Å². The van der Waals surface area contributed by atoms with Crippen LogP contribution < -0.4 is 10.2 Å². The minimum absolute atomic E-state index is 0.0347. The average Bonchev–Trinajstić information content (AvgIpc) is 3.44. The fraction of sp³-hybridized carbons (Fsp3) is 0.120. The van der Waals surface area contributed by atoms with Gasteiger partial charge in [-0.3, -0.25) is 10.1 Å². The summed E-state index contributed by atoms with van der Waals surface area (Å²) in [7, 11) is 1.54. The van der Waals surface area contributed by atoms with Crippen molar-refractivity contribution in [3.8, 4) is 22.9 Å². The van der Waals surface area contributed by atoms with Crippen molar-refractivity contribution in [1.29, 1.82) is 0 Å². The molecule has 182 valence electrons. The van der Waals surface area contributed by atoms with Gasteiger partial charge in [0.15, 0.2) is 5.65 Å². The third-order valence-electron chi connectivity index (χ3n) is 5.30. The van der Waals surface area contributed by atoms with Crippen LogP contribution in [0.1, 0.15) is 16.8 Å². The first-order valence-corrected chi connectivity index (χ1v) is 11.7. The van der Waals surface area contributed by atoms with E-state index in [1.165, 1.54) is 22.9 Å². The summed E-state index contributed by atoms with van der Waals surface area (Å²) in [4.78, 5) is 8.74. The molecule has 36 heavy (non-hydrogen) atoms. The maximum absolute atomic E-state index is 13.7. The highest BCUT2D eigenvalue weighted by Gasteiger charge is 2.35. The van der Waals surface area contributed by atoms with Crippen LogP contribution in [0.25, 0.3) is 22.3 Å². The molecule has 5 rings (SSSR count). The fourth-order valence-electron chi connectivity index (χ4n) is 3.67. The third-order valence-corrected chi connectivity index (χ3v) is 6.05. The van der Waals surface area contributed by atoms with Gasteiger partial charge in [0.1, 0.15) is 5.75 Å². The Bertz CT molecular complexity index is 1540. The van der Waals surface area contributed by atoms with E-state index in [1.807, 2.05) is 35.7 Å². The minimum atomic E-state index is -4.57. The van der Waals surface area contributed by atoms with Gasteiger partial charge in [0.05, 0.1) is 28.6 Å². The van der Waals surface area contributed by atoms with E-state index in [-0.39, 0.29) is 22.6 Å². The maximum Gasteiger partial charge on any atom is 0.417 e. The predicted molar refractivity (Wildman–Crippen MR) is 134 cm³/mol. The molecular formula is C25H19F3N6OS. The van der Waals surface area contributed by atoms with Crippen LogP contribution in [0.5, 0.6) is 11.6 Å². The number of anilines is 1. The number of aryl methyl sites for hydroxylation is 2. The van der Waals surface area contributed by atoms with Crippen molar-refractivity contribution in [1.82, 2.24) is 19.7 Å². The highest BCUT2D eigenvalue weighted by Crippen LogP contribution is 2.38. The molecule has 0 aliphatic heterocycles. The first-order valence-electron chi connectivity index (χ1n) is 10.8. The van der Waals surface area contributed by atoms with Gasteiger partial charge in [-0.15, -0.1) is 11.3 Å². The summed E-state index contributed by atoms with van der Waals surface area (Å²) in [5, 5.41) is 10.8. The SMILES string of the molecule is Cc1nn(C)c2nc(Oc3ccc(C=NNc4nc(-c5ccccc5)cs4)cc3)cc(C(F)(F)F)c12. The van der Waals surface area contributed by atoms with Gasteiger partial charge in [-0.05, 0) is 36.8 Å². The number of halogens is 3. The zero-order valence-corrected chi connectivity index (χ0v) is 19.9. The molecule has 1 N–H and O–H groups in total. The van der Waals surface area contributed by atoms with E-state index in [9.17, 15) is 13.2 Å². The number of hydrazone groups is 1. The van der Waals surface area contributed by atoms with Crippen LogP contribution >= 0.6 is 11.3 Å². The summed E-state index contributed by atoms with van der Waals surface area (Å²) in [5.41, 5.74) is 5.07. The van der Waals surface area contributed by atoms with Crippen molar-refractivity contribution in [2.24, 2.45) is 12.1 Å². The molecule has 11 heteroatoms. The number of aromatic nitrogens is 4. The van der Waals surface area contributed by atoms with E-state index < -0.39 is 11.7 Å². The van der Waals surface area contributed by atoms with Crippen LogP contribution in [-0.4, -0.2) is 26.0 Å². The highest BCUT2D eigenvalue weighted by molar-refractivity contribution is 7.14. The molecular weight excluding hydrogens is 489 g/mol. The molecule has 0 aliphatic rings. The largest absolute Gasteiger partial charge is 0.439 e. The van der Waals surface area contributed by atoms with Crippen LogP contribution in [0.15, 0.2) is 71.1 Å². The zero-order chi connectivity index (χ0) is 25.3. The monoisotopic (exact) mass is 508 g/mol. The maximum atomic E-state index is 13.7. The van der Waals surface area contributed by atoms with Gasteiger partial charge in [-0.1, -0.05) is 30.3 Å². The van der Waals surface area contributed by atoms with Crippen molar-refractivity contribution < 1.29 is 17.9 Å². The second-order valence-corrected chi connectivity index (χ2v) is 8.72. The number of hydrogen-bond acceptors (Lipinski definition) is 7. The molecule has 0 saturated carbocycles. The Morgan fingerprint density at radius 3 is 2.53 bits per heavy atom. The van der Waals surface area contributed by atoms with Crippen LogP contribution in [0.4, 0.5) is 18.3 Å². The lowest BCUT2D eigenvalue weighted by Gasteiger charge is -2.11. The number of alkyl halides is 3. The predicted octanol–water partition coefficient (Wildman–Crippen LogP) is 6.66. The van der Waals surface area contributed by atoms with Crippen molar-refractivity contribution in [3.63, 3.8) is 0 Å². The molecule has 0 fully saturated rings. The van der Waals surface area contributed by atoms with Gasteiger partial charge in [-0.2, -0.15) is 28.4 Å². The molecule has 0 bridgehead atoms. The molecule has 3 aromatic heterocycles. The first-order chi connectivity index (χ1) is 17.3. The normalized spacial score (nSPS) is 11.9. The molecule has 0 saturated heterocycles. The number of ether oxygens (including phenoxy) is 1. The molecule has 0 atom stereocenters. The van der Waals surface area contributed by atoms with Crippen molar-refractivity contribution >= 4 is 33.7 Å². The molecule has 7 nitrogen and oxygen atoms in total. The molecule has 5 aromatic rings. The van der Waals surface area contributed by atoms with E-state index in [0.29, 0.717) is 10.9 Å². The van der Waals surface area contributed by atoms with Gasteiger partial charge in [0.25, 0.3) is 0 Å². The number of thiazole rings is 1. The van der Waals surface area contributed by atoms with Crippen LogP contribution in [-0.2, 0) is 13.2 Å². The quantitative estimate of drug-likeness (QED) is 0.205. The number of benzene rings is 2. The lowest BCUT2D eigenvalue weighted by atomic mass is 10.1. The van der Waals surface area contributed by atoms with Gasteiger partial charge < -0.3 is 4.74 Å². The van der Waals surface area contributed by atoms with E-state index in [0.717, 1.165) is 22.9 Å². The van der Waals surface area contributed by atoms with Crippen molar-refractivity contribution in [3.05, 3.63) is 82.9 Å². The van der Waals surface area contributed by atoms with Crippen molar-refractivity contribution in [2.75, 3.05) is 5.43 Å². The Labute approximate surface area is 207 Å². The number of rotatable bonds is 6. The molecule has 0 amide bonds. The summed E-state index contributed by atoms with van der Waals surface area (Å²) < 4.78 is 47.9. The Morgan fingerprint density at radius 1 is 1.06 bits per heavy atom. The number of nitrogens with one attached hydrogen (secondary N) is 1. The lowest BCUT2D eigenvalue weighted by Crippen LogP contribution is -2.07. The summed E-state index contributed by atoms with van der Waals surface area (Å²) in [6.45, 7) is 1.52. The van der Waals surface area contributed by atoms with Crippen LogP contribution in [0, 0.1) is 6.92 Å². The molecule has 3 heterocycles. The summed E-state index contributed by atoms with van der Waals surface area (Å²) >= 11 is 1.44. The van der Waals surface area contributed by atoms with Crippen LogP contribution in [0.2, 0.25) is 0 Å². The Kier molecular flexibility index (Phi) is 6.15. The summed E-state index contributed by atoms with van der Waals surface area (Å²) in [6, 6.07) is 17.5. The van der Waals surface area contributed by atoms with Gasteiger partial charge in [0.2, 0.25) is 11.0 Å². The summed E-state index contributed by atoms with van der Waals surface area (Å²) in [5.74, 6) is 0.172. The molecule has 2 aromatic carbocycles. The van der Waals surface area contributed by atoms with E-state index >= 15 is 0 Å². The molecule has 0 aliphatic carbocycles. The third kappa shape index (κ3) is 4.91. The number of hydrogen-bond donors (Lipinski definition) is 1. The van der Waals surface area contributed by atoms with Crippen molar-refractivity contribution in [2.45, 2.75) is 13.1 Å². The number of nitrogens with zero attached hydrogens (tertiary/aromatic N) is 5. The first kappa shape index (κ1) is 23.5. The lowest BCUT2D eigenvalue weighted by molar-refractivity contribution is -0.136. The fourth-order valence-corrected chi connectivity index (χ4v) is 4.34. The standard InChI is InChI=1S/C25H19F3N6OS/c1-15-22-19(25(26,27)28)12-21(31-23(22)34(2)33-15)35-18-10-8-16(9-11-18)13-29-32-24-30-20(14-36-24)17-6-4-3-5-7-17/h3-14H,1-2H3,(H,30,32). The Hall–Kier alpha value is -4.25. The molecule has 0 unspecified atom stereocenters. The van der Waals surface area contributed by atoms with E-state index in [1.54, 1.807) is 37.5 Å². The smallest absolute Gasteiger partial charge is 0.417 e. The number of pyridine rings is 1. The van der Waals surface area contributed by atoms with Gasteiger partial charge in [-0.25, -0.2) is 4.98 Å². The second kappa shape index (κ2) is 9.42. The Morgan fingerprint density at radius 2 is 1.81 bits per heavy atom. The number of fused-ring (bicyclic) bond motifs is 1. The van der Waals surface area contributed by atoms with E-state index in [2.05, 4.69) is 25.6 Å². The zero-order valence-electron chi connectivity index (χ0n) is 19.1. The van der Waals surface area contributed by atoms with E-state index in [4.69, 9.17) is 4.74 Å². The topological polar surface area (TPSA) is 77.2 Å². The Balaban J connectivity index is 1.28. The van der Waals surface area contributed by atoms with Crippen LogP contribution in [0.3, 0.4) is 0 Å².